The second-order valence-electron chi connectivity index (χ2n) is 5.46. The van der Waals surface area contributed by atoms with Crippen molar-refractivity contribution in [1.82, 2.24) is 9.97 Å². The number of hydrogen-bond acceptors (Lipinski definition) is 5. The van der Waals surface area contributed by atoms with Crippen LogP contribution < -0.4 is 4.90 Å². The van der Waals surface area contributed by atoms with Crippen LogP contribution in [-0.2, 0) is 4.79 Å². The Morgan fingerprint density at radius 1 is 1.43 bits per heavy atom. The fraction of sp³-hybridized carbons (Fsp3) is 0.471. The molecule has 2 aromatic heterocycles. The van der Waals surface area contributed by atoms with E-state index in [4.69, 9.17) is 0 Å². The zero-order chi connectivity index (χ0) is 16.8. The lowest BCUT2D eigenvalue weighted by atomic mass is 10.3. The van der Waals surface area contributed by atoms with Crippen LogP contribution in [0, 0.1) is 6.92 Å². The zero-order valence-corrected chi connectivity index (χ0v) is 15.7. The quantitative estimate of drug-likeness (QED) is 0.743. The van der Waals surface area contributed by atoms with Gasteiger partial charge in [-0.1, -0.05) is 25.2 Å². The highest BCUT2D eigenvalue weighted by Gasteiger charge is 2.20. The van der Waals surface area contributed by atoms with Crippen LogP contribution in [0.15, 0.2) is 24.5 Å². The fourth-order valence-corrected chi connectivity index (χ4v) is 4.10. The molecule has 2 heterocycles. The molecule has 0 spiro atoms. The Labute approximate surface area is 146 Å². The molecular formula is C17H23N3OS2. The van der Waals surface area contributed by atoms with Gasteiger partial charge in [0.05, 0.1) is 5.69 Å². The molecule has 2 rings (SSSR count). The first-order chi connectivity index (χ1) is 11.0. The van der Waals surface area contributed by atoms with Crippen LogP contribution in [0.5, 0.6) is 0 Å². The van der Waals surface area contributed by atoms with Crippen molar-refractivity contribution in [1.29, 1.82) is 0 Å². The van der Waals surface area contributed by atoms with Crippen LogP contribution in [0.25, 0.3) is 10.6 Å². The van der Waals surface area contributed by atoms with Gasteiger partial charge in [-0.15, -0.1) is 0 Å². The van der Waals surface area contributed by atoms with Gasteiger partial charge in [0.15, 0.2) is 0 Å². The van der Waals surface area contributed by atoms with E-state index in [1.807, 2.05) is 42.6 Å². The van der Waals surface area contributed by atoms with Crippen LogP contribution in [0.3, 0.4) is 0 Å². The number of nitrogens with zero attached hydrogens (tertiary/aromatic N) is 3. The van der Waals surface area contributed by atoms with E-state index in [9.17, 15) is 4.79 Å². The molecule has 124 valence electrons. The van der Waals surface area contributed by atoms with Gasteiger partial charge < -0.3 is 4.90 Å². The molecule has 6 heteroatoms. The second kappa shape index (κ2) is 8.45. The first kappa shape index (κ1) is 17.9. The van der Waals surface area contributed by atoms with Crippen molar-refractivity contribution in [2.45, 2.75) is 39.4 Å². The minimum atomic E-state index is 0.171. The summed E-state index contributed by atoms with van der Waals surface area (Å²) >= 11 is 3.38. The summed E-state index contributed by atoms with van der Waals surface area (Å²) in [6, 6.07) is 3.89. The van der Waals surface area contributed by atoms with Gasteiger partial charge in [0.25, 0.3) is 0 Å². The molecule has 23 heavy (non-hydrogen) atoms. The van der Waals surface area contributed by atoms with Crippen molar-refractivity contribution in [2.24, 2.45) is 0 Å². The van der Waals surface area contributed by atoms with Gasteiger partial charge in [-0.05, 0) is 31.2 Å². The summed E-state index contributed by atoms with van der Waals surface area (Å²) in [6.07, 6.45) is 4.12. The number of aromatic nitrogens is 2. The fourth-order valence-electron chi connectivity index (χ4n) is 2.20. The second-order valence-corrected chi connectivity index (χ2v) is 8.12. The predicted molar refractivity (Wildman–Crippen MR) is 100 cm³/mol. The normalized spacial score (nSPS) is 11.0. The average Bonchev–Trinajstić information content (AvgIpc) is 2.90. The third kappa shape index (κ3) is 4.78. The summed E-state index contributed by atoms with van der Waals surface area (Å²) < 4.78 is 0. The van der Waals surface area contributed by atoms with Gasteiger partial charge >= 0.3 is 0 Å². The lowest BCUT2D eigenvalue weighted by molar-refractivity contribution is -0.118. The van der Waals surface area contributed by atoms with E-state index < -0.39 is 0 Å². The smallest absolute Gasteiger partial charge is 0.228 e. The summed E-state index contributed by atoms with van der Waals surface area (Å²) in [4.78, 5) is 23.1. The Morgan fingerprint density at radius 2 is 2.22 bits per heavy atom. The van der Waals surface area contributed by atoms with Gasteiger partial charge in [0.2, 0.25) is 5.91 Å². The summed E-state index contributed by atoms with van der Waals surface area (Å²) in [5, 5.41) is 2.42. The van der Waals surface area contributed by atoms with Gasteiger partial charge in [-0.25, -0.2) is 4.98 Å². The Bertz CT molecular complexity index is 641. The lowest BCUT2D eigenvalue weighted by Gasteiger charge is -2.19. The van der Waals surface area contributed by atoms with Crippen molar-refractivity contribution in [3.05, 3.63) is 30.2 Å². The maximum atomic E-state index is 12.5. The maximum absolute atomic E-state index is 12.5. The number of rotatable bonds is 7. The monoisotopic (exact) mass is 349 g/mol. The van der Waals surface area contributed by atoms with Crippen molar-refractivity contribution < 1.29 is 4.79 Å². The highest BCUT2D eigenvalue weighted by atomic mass is 32.2. The third-order valence-corrected chi connectivity index (χ3v) is 5.65. The molecule has 0 aliphatic rings. The van der Waals surface area contributed by atoms with E-state index >= 15 is 0 Å². The summed E-state index contributed by atoms with van der Waals surface area (Å²) in [5.41, 5.74) is 1.89. The van der Waals surface area contributed by atoms with Crippen LogP contribution in [0.2, 0.25) is 0 Å². The molecule has 0 aromatic carbocycles. The van der Waals surface area contributed by atoms with Crippen LogP contribution >= 0.6 is 23.1 Å². The molecule has 2 aromatic rings. The molecular weight excluding hydrogens is 326 g/mol. The van der Waals surface area contributed by atoms with Crippen molar-refractivity contribution in [2.75, 3.05) is 17.2 Å². The predicted octanol–water partition coefficient (Wildman–Crippen LogP) is 4.40. The third-order valence-electron chi connectivity index (χ3n) is 3.31. The standard InChI is InChI=1S/C17H23N3OS2/c1-5-20(15(21)8-10-22-12(2)3)17-13(4)19-16(23-17)14-7-6-9-18-11-14/h6-7,9,11-12H,5,8,10H2,1-4H3. The molecule has 1 amide bonds. The van der Waals surface area contributed by atoms with Gasteiger partial charge in [-0.3, -0.25) is 9.78 Å². The average molecular weight is 350 g/mol. The molecule has 0 N–H and O–H groups in total. The highest BCUT2D eigenvalue weighted by molar-refractivity contribution is 7.99. The molecule has 0 atom stereocenters. The number of thioether (sulfide) groups is 1. The lowest BCUT2D eigenvalue weighted by Crippen LogP contribution is -2.30. The van der Waals surface area contributed by atoms with Crippen molar-refractivity contribution in [3.63, 3.8) is 0 Å². The van der Waals surface area contributed by atoms with E-state index in [0.29, 0.717) is 18.2 Å². The van der Waals surface area contributed by atoms with Gasteiger partial charge in [0, 0.05) is 36.7 Å². The number of anilines is 1. The van der Waals surface area contributed by atoms with E-state index in [-0.39, 0.29) is 5.91 Å². The number of carbonyl (C=O) groups excluding carboxylic acids is 1. The molecule has 4 nitrogen and oxygen atoms in total. The van der Waals surface area contributed by atoms with Crippen LogP contribution in [-0.4, -0.2) is 33.4 Å². The van der Waals surface area contributed by atoms with Crippen LogP contribution in [0.4, 0.5) is 5.00 Å². The highest BCUT2D eigenvalue weighted by Crippen LogP contribution is 2.34. The summed E-state index contributed by atoms with van der Waals surface area (Å²) in [5.74, 6) is 1.03. The number of pyridine rings is 1. The molecule has 0 radical (unpaired) electrons. The molecule has 0 saturated carbocycles. The molecule has 0 bridgehead atoms. The summed E-state index contributed by atoms with van der Waals surface area (Å²) in [6.45, 7) is 8.95. The van der Waals surface area contributed by atoms with Gasteiger partial charge in [-0.2, -0.15) is 11.8 Å². The Kier molecular flexibility index (Phi) is 6.59. The molecule has 0 saturated heterocycles. The molecule has 0 aliphatic heterocycles. The number of amides is 1. The van der Waals surface area contributed by atoms with E-state index in [2.05, 4.69) is 23.8 Å². The number of thiazole rings is 1. The minimum Gasteiger partial charge on any atom is -0.303 e. The largest absolute Gasteiger partial charge is 0.303 e. The van der Waals surface area contributed by atoms with Gasteiger partial charge in [0.1, 0.15) is 10.0 Å². The first-order valence-electron chi connectivity index (χ1n) is 7.82. The summed E-state index contributed by atoms with van der Waals surface area (Å²) in [7, 11) is 0. The van der Waals surface area contributed by atoms with Crippen molar-refractivity contribution >= 4 is 34.0 Å². The Balaban J connectivity index is 2.15. The Hall–Kier alpha value is -1.40. The SMILES string of the molecule is CCN(C(=O)CCSC(C)C)c1sc(-c2cccnc2)nc1C. The van der Waals surface area contributed by atoms with Crippen molar-refractivity contribution in [3.8, 4) is 10.6 Å². The molecule has 0 fully saturated rings. The number of hydrogen-bond donors (Lipinski definition) is 0. The first-order valence-corrected chi connectivity index (χ1v) is 9.69. The topological polar surface area (TPSA) is 46.1 Å². The number of carbonyl (C=O) groups is 1. The minimum absolute atomic E-state index is 0.171. The van der Waals surface area contributed by atoms with E-state index in [1.54, 1.807) is 23.7 Å². The Morgan fingerprint density at radius 3 is 2.83 bits per heavy atom. The van der Waals surface area contributed by atoms with Crippen LogP contribution in [0.1, 0.15) is 32.9 Å². The van der Waals surface area contributed by atoms with E-state index in [1.165, 1.54) is 0 Å². The number of aryl methyl sites for hydroxylation is 1. The molecule has 0 unspecified atom stereocenters. The van der Waals surface area contributed by atoms with E-state index in [0.717, 1.165) is 27.0 Å². The molecule has 0 aliphatic carbocycles. The maximum Gasteiger partial charge on any atom is 0.228 e. The zero-order valence-electron chi connectivity index (χ0n) is 14.1.